The molecule has 34 heavy (non-hydrogen) atoms. The van der Waals surface area contributed by atoms with Gasteiger partial charge in [-0.15, -0.1) is 10.5 Å². The summed E-state index contributed by atoms with van der Waals surface area (Å²) in [5.41, 5.74) is 8.93. The van der Waals surface area contributed by atoms with Gasteiger partial charge >= 0.3 is 12.2 Å². The Balaban J connectivity index is 1.59. The Morgan fingerprint density at radius 3 is 2.56 bits per heavy atom. The number of amides is 2. The number of rotatable bonds is 5. The second-order valence-electron chi connectivity index (χ2n) is 9.03. The summed E-state index contributed by atoms with van der Waals surface area (Å²) < 4.78 is 25.2. The van der Waals surface area contributed by atoms with E-state index in [1.54, 1.807) is 39.8 Å². The van der Waals surface area contributed by atoms with Crippen molar-refractivity contribution in [1.29, 1.82) is 0 Å². The molecule has 1 aromatic carbocycles. The Morgan fingerprint density at radius 1 is 1.35 bits per heavy atom. The van der Waals surface area contributed by atoms with Gasteiger partial charge in [0.15, 0.2) is 6.54 Å². The number of halogens is 1. The van der Waals surface area contributed by atoms with Crippen LogP contribution in [0.15, 0.2) is 23.4 Å². The molecule has 0 radical (unpaired) electrons. The van der Waals surface area contributed by atoms with Crippen molar-refractivity contribution in [3.05, 3.63) is 34.5 Å². The fraction of sp³-hybridized carbons (Fsp3) is 0.571. The van der Waals surface area contributed by atoms with Gasteiger partial charge in [0.2, 0.25) is 0 Å². The van der Waals surface area contributed by atoms with Crippen LogP contribution in [0.25, 0.3) is 10.4 Å². The number of carbonyl (C=O) groups is 2. The van der Waals surface area contributed by atoms with Crippen molar-refractivity contribution < 1.29 is 23.5 Å². The number of hydrogen-bond donors (Lipinski definition) is 0. The Morgan fingerprint density at radius 2 is 2.03 bits per heavy atom. The van der Waals surface area contributed by atoms with Gasteiger partial charge in [-0.05, 0) is 51.1 Å². The normalized spacial score (nSPS) is 18.3. The van der Waals surface area contributed by atoms with Gasteiger partial charge in [0, 0.05) is 26.2 Å². The maximum Gasteiger partial charge on any atom is 0.511 e. The van der Waals surface area contributed by atoms with Crippen LogP contribution >= 0.6 is 12.2 Å². The van der Waals surface area contributed by atoms with Gasteiger partial charge in [-0.1, -0.05) is 12.2 Å². The molecule has 0 spiro atoms. The third kappa shape index (κ3) is 6.17. The molecule has 0 saturated carbocycles. The van der Waals surface area contributed by atoms with E-state index in [0.717, 1.165) is 5.01 Å². The highest BCUT2D eigenvalue weighted by molar-refractivity contribution is 7.80. The number of nitrogens with zero attached hydrogens (tertiary/aromatic N) is 7. The molecule has 0 N–H and O–H groups in total. The van der Waals surface area contributed by atoms with Crippen LogP contribution in [0, 0.1) is 5.82 Å². The van der Waals surface area contributed by atoms with Gasteiger partial charge in [0.25, 0.3) is 0 Å². The van der Waals surface area contributed by atoms with Crippen LogP contribution in [0.2, 0.25) is 0 Å². The highest BCUT2D eigenvalue weighted by Crippen LogP contribution is 2.28. The predicted molar refractivity (Wildman–Crippen MR) is 128 cm³/mol. The lowest BCUT2D eigenvalue weighted by Crippen LogP contribution is -2.51. The lowest BCUT2D eigenvalue weighted by Gasteiger charge is -2.37. The average Bonchev–Trinajstić information content (AvgIpc) is 3.10. The molecule has 1 atom stereocenters. The van der Waals surface area contributed by atoms with Gasteiger partial charge in [-0.25, -0.2) is 9.18 Å². The summed E-state index contributed by atoms with van der Waals surface area (Å²) in [5.74, 6) is -0.430. The van der Waals surface area contributed by atoms with E-state index in [2.05, 4.69) is 10.1 Å². The van der Waals surface area contributed by atoms with E-state index in [1.807, 2.05) is 9.80 Å². The zero-order valence-electron chi connectivity index (χ0n) is 19.6. The zero-order chi connectivity index (χ0) is 25.0. The number of azide groups is 1. The predicted octanol–water partition coefficient (Wildman–Crippen LogP) is 4.08. The van der Waals surface area contributed by atoms with Crippen molar-refractivity contribution in [1.82, 2.24) is 9.91 Å². The topological polar surface area (TPSA) is 114 Å². The molecule has 2 aliphatic heterocycles. The van der Waals surface area contributed by atoms with Crippen LogP contribution in [-0.2, 0) is 9.47 Å². The first-order valence-corrected chi connectivity index (χ1v) is 11.3. The van der Waals surface area contributed by atoms with E-state index in [-0.39, 0.29) is 12.6 Å². The second kappa shape index (κ2) is 10.3. The van der Waals surface area contributed by atoms with Gasteiger partial charge < -0.3 is 19.3 Å². The van der Waals surface area contributed by atoms with Gasteiger partial charge in [-0.3, -0.25) is 4.90 Å². The largest absolute Gasteiger partial charge is 0.511 e. The molecule has 0 aliphatic carbocycles. The standard InChI is InChI=1S/C21H28FN7O4S/c1-14-12-28(19(30)32-14)15-5-6-17(16(22)11-15)26-7-9-27(10-8-26)18(34)13-29(25-24-23)20(31)33-21(2,3)4/h5-6,11,14H,7-10,12-13H2,1-4H3/t14-/m0/s1. The van der Waals surface area contributed by atoms with Crippen LogP contribution in [0.5, 0.6) is 0 Å². The van der Waals surface area contributed by atoms with Crippen LogP contribution in [0.4, 0.5) is 25.4 Å². The van der Waals surface area contributed by atoms with Gasteiger partial charge in [-0.2, -0.15) is 9.71 Å². The molecule has 2 aliphatic rings. The van der Waals surface area contributed by atoms with Crippen molar-refractivity contribution in [2.45, 2.75) is 39.4 Å². The van der Waals surface area contributed by atoms with E-state index < -0.39 is 23.6 Å². The first-order chi connectivity index (χ1) is 16.0. The molecule has 11 nitrogen and oxygen atoms in total. The molecule has 3 rings (SSSR count). The number of piperazine rings is 1. The molecule has 0 unspecified atom stereocenters. The maximum atomic E-state index is 14.9. The van der Waals surface area contributed by atoms with Crippen molar-refractivity contribution in [2.24, 2.45) is 5.22 Å². The zero-order valence-corrected chi connectivity index (χ0v) is 20.4. The summed E-state index contributed by atoms with van der Waals surface area (Å²) in [7, 11) is 0. The van der Waals surface area contributed by atoms with E-state index in [0.29, 0.717) is 49.1 Å². The molecule has 2 fully saturated rings. The van der Waals surface area contributed by atoms with E-state index >= 15 is 0 Å². The van der Waals surface area contributed by atoms with Crippen LogP contribution in [0.3, 0.4) is 0 Å². The summed E-state index contributed by atoms with van der Waals surface area (Å²) in [6.45, 7) is 9.17. The fourth-order valence-corrected chi connectivity index (χ4v) is 3.96. The quantitative estimate of drug-likeness (QED) is 0.200. The minimum atomic E-state index is -0.787. The van der Waals surface area contributed by atoms with Crippen LogP contribution < -0.4 is 9.80 Å². The minimum absolute atomic E-state index is 0.0955. The third-order valence-corrected chi connectivity index (χ3v) is 5.60. The van der Waals surface area contributed by atoms with Gasteiger partial charge in [0.05, 0.1) is 17.9 Å². The van der Waals surface area contributed by atoms with Gasteiger partial charge in [0.1, 0.15) is 22.5 Å². The smallest absolute Gasteiger partial charge is 0.444 e. The Labute approximate surface area is 202 Å². The lowest BCUT2D eigenvalue weighted by molar-refractivity contribution is 0.0275. The Bertz CT molecular complexity index is 1000. The molecular formula is C21H28FN7O4S. The molecule has 0 bridgehead atoms. The van der Waals surface area contributed by atoms with Crippen molar-refractivity contribution in [2.75, 3.05) is 49.1 Å². The van der Waals surface area contributed by atoms with E-state index in [9.17, 15) is 14.0 Å². The second-order valence-corrected chi connectivity index (χ2v) is 9.50. The number of thiocarbonyl (C=S) groups is 1. The summed E-state index contributed by atoms with van der Waals surface area (Å²) in [6, 6.07) is 4.69. The number of cyclic esters (lactones) is 1. The maximum absolute atomic E-state index is 14.9. The lowest BCUT2D eigenvalue weighted by atomic mass is 10.2. The van der Waals surface area contributed by atoms with E-state index in [4.69, 9.17) is 27.2 Å². The molecule has 1 aromatic rings. The minimum Gasteiger partial charge on any atom is -0.444 e. The summed E-state index contributed by atoms with van der Waals surface area (Å²) in [5, 5.41) is 4.25. The molecule has 13 heteroatoms. The van der Waals surface area contributed by atoms with Crippen LogP contribution in [-0.4, -0.2) is 78.1 Å². The molecule has 2 heterocycles. The first kappa shape index (κ1) is 25.3. The Hall–Kier alpha value is -3.31. The number of ether oxygens (including phenoxy) is 2. The van der Waals surface area contributed by atoms with E-state index in [1.165, 1.54) is 11.0 Å². The van der Waals surface area contributed by atoms with Crippen LogP contribution in [0.1, 0.15) is 27.7 Å². The summed E-state index contributed by atoms with van der Waals surface area (Å²) in [4.78, 5) is 32.5. The first-order valence-electron chi connectivity index (χ1n) is 10.8. The SMILES string of the molecule is C[C@H]1CN(c2ccc(N3CCN(C(=S)CN(N=[N+]=[N-])C(=O)OC(C)(C)C)CC3)c(F)c2)C(=O)O1. The third-order valence-electron chi connectivity index (χ3n) is 5.22. The number of anilines is 2. The van der Waals surface area contributed by atoms with Crippen molar-refractivity contribution >= 4 is 40.8 Å². The highest BCUT2D eigenvalue weighted by Gasteiger charge is 2.31. The molecular weight excluding hydrogens is 465 g/mol. The number of benzene rings is 1. The highest BCUT2D eigenvalue weighted by atomic mass is 32.1. The molecule has 2 saturated heterocycles. The van der Waals surface area contributed by atoms with Crippen molar-refractivity contribution in [3.63, 3.8) is 0 Å². The molecule has 2 amide bonds. The molecule has 0 aromatic heterocycles. The average molecular weight is 494 g/mol. The monoisotopic (exact) mass is 493 g/mol. The fourth-order valence-electron chi connectivity index (χ4n) is 3.66. The summed E-state index contributed by atoms with van der Waals surface area (Å²) in [6.07, 6.45) is -1.51. The summed E-state index contributed by atoms with van der Waals surface area (Å²) >= 11 is 5.46. The molecule has 184 valence electrons. The number of hydrogen-bond acceptors (Lipinski definition) is 7. The Kier molecular flexibility index (Phi) is 7.68. The number of carbonyl (C=O) groups excluding carboxylic acids is 2. The van der Waals surface area contributed by atoms with Crippen molar-refractivity contribution in [3.8, 4) is 0 Å².